The number of hydrogen-bond donors (Lipinski definition) is 1. The second kappa shape index (κ2) is 8.15. The van der Waals surface area contributed by atoms with Crippen molar-refractivity contribution in [1.82, 2.24) is 4.31 Å². The fourth-order valence-electron chi connectivity index (χ4n) is 2.88. The molecule has 1 fully saturated rings. The Morgan fingerprint density at radius 3 is 2.73 bits per heavy atom. The van der Waals surface area contributed by atoms with Gasteiger partial charge in [0.15, 0.2) is 0 Å². The van der Waals surface area contributed by atoms with Crippen molar-refractivity contribution >= 4 is 22.4 Å². The Morgan fingerprint density at radius 2 is 2.09 bits per heavy atom. The molecule has 2 N–H and O–H groups in total. The maximum absolute atomic E-state index is 13.0. The Morgan fingerprint density at radius 1 is 1.36 bits per heavy atom. The minimum atomic E-state index is -3.55. The van der Waals surface area contributed by atoms with Gasteiger partial charge in [0.05, 0.1) is 7.11 Å². The first-order valence-corrected chi connectivity index (χ1v) is 8.81. The Bertz CT molecular complexity index is 590. The number of rotatable bonds is 5. The highest BCUT2D eigenvalue weighted by molar-refractivity contribution is 7.89. The van der Waals surface area contributed by atoms with Crippen molar-refractivity contribution in [1.29, 1.82) is 0 Å². The maximum atomic E-state index is 13.0. The van der Waals surface area contributed by atoms with Gasteiger partial charge in [0.1, 0.15) is 10.6 Å². The first-order valence-electron chi connectivity index (χ1n) is 7.37. The standard InChI is InChI=1S/C15H24N2O3S.ClH/c1-12-6-7-14(20-2)15(11-12)21(18,19)17-10-4-3-5-13(17)8-9-16;/h6-7,11,13H,3-5,8-10,16H2,1-2H3;1H. The molecule has 0 aliphatic carbocycles. The van der Waals surface area contributed by atoms with Crippen LogP contribution in [-0.4, -0.2) is 39.0 Å². The molecule has 1 atom stereocenters. The molecule has 0 spiro atoms. The number of ether oxygens (including phenoxy) is 1. The number of methoxy groups -OCH3 is 1. The highest BCUT2D eigenvalue weighted by Crippen LogP contribution is 2.32. The number of halogens is 1. The molecule has 2 rings (SSSR count). The Labute approximate surface area is 139 Å². The third-order valence-corrected chi connectivity index (χ3v) is 5.95. The Kier molecular flexibility index (Phi) is 7.12. The van der Waals surface area contributed by atoms with Gasteiger partial charge in [0.2, 0.25) is 10.0 Å². The zero-order chi connectivity index (χ0) is 15.5. The number of piperidine rings is 1. The van der Waals surface area contributed by atoms with E-state index in [0.29, 0.717) is 25.3 Å². The number of benzene rings is 1. The SMILES string of the molecule is COc1ccc(C)cc1S(=O)(=O)N1CCCCC1CCN.Cl. The lowest BCUT2D eigenvalue weighted by atomic mass is 10.0. The van der Waals surface area contributed by atoms with Crippen LogP contribution in [0.4, 0.5) is 0 Å². The number of nitrogens with two attached hydrogens (primary N) is 1. The van der Waals surface area contributed by atoms with Gasteiger partial charge in [0, 0.05) is 12.6 Å². The molecule has 1 aliphatic heterocycles. The topological polar surface area (TPSA) is 72.6 Å². The molecule has 0 radical (unpaired) electrons. The van der Waals surface area contributed by atoms with Gasteiger partial charge in [0.25, 0.3) is 0 Å². The molecule has 126 valence electrons. The second-order valence-corrected chi connectivity index (χ2v) is 7.36. The molecule has 0 bridgehead atoms. The van der Waals surface area contributed by atoms with Crippen molar-refractivity contribution in [2.24, 2.45) is 5.73 Å². The normalized spacial score (nSPS) is 19.5. The van der Waals surface area contributed by atoms with Crippen LogP contribution >= 0.6 is 12.4 Å². The lowest BCUT2D eigenvalue weighted by Gasteiger charge is -2.34. The monoisotopic (exact) mass is 348 g/mol. The highest BCUT2D eigenvalue weighted by Gasteiger charge is 2.34. The van der Waals surface area contributed by atoms with E-state index in [1.54, 1.807) is 16.4 Å². The van der Waals surface area contributed by atoms with Crippen molar-refractivity contribution in [2.75, 3.05) is 20.2 Å². The smallest absolute Gasteiger partial charge is 0.247 e. The van der Waals surface area contributed by atoms with Crippen LogP contribution in [0.15, 0.2) is 23.1 Å². The van der Waals surface area contributed by atoms with E-state index < -0.39 is 10.0 Å². The number of hydrogen-bond acceptors (Lipinski definition) is 4. The van der Waals surface area contributed by atoms with E-state index in [4.69, 9.17) is 10.5 Å². The summed E-state index contributed by atoms with van der Waals surface area (Å²) in [5, 5.41) is 0. The molecule has 5 nitrogen and oxygen atoms in total. The number of aryl methyl sites for hydroxylation is 1. The molecule has 1 aromatic carbocycles. The largest absolute Gasteiger partial charge is 0.495 e. The molecule has 7 heteroatoms. The number of nitrogens with zero attached hydrogens (tertiary/aromatic N) is 1. The molecule has 1 aromatic rings. The van der Waals surface area contributed by atoms with Gasteiger partial charge in [-0.2, -0.15) is 4.31 Å². The minimum Gasteiger partial charge on any atom is -0.495 e. The third kappa shape index (κ3) is 3.93. The van der Waals surface area contributed by atoms with Gasteiger partial charge in [-0.25, -0.2) is 8.42 Å². The van der Waals surface area contributed by atoms with E-state index in [1.807, 2.05) is 13.0 Å². The van der Waals surface area contributed by atoms with Gasteiger partial charge in [-0.15, -0.1) is 12.4 Å². The van der Waals surface area contributed by atoms with Crippen molar-refractivity contribution in [2.45, 2.75) is 43.5 Å². The summed E-state index contributed by atoms with van der Waals surface area (Å²) in [6, 6.07) is 5.25. The fraction of sp³-hybridized carbons (Fsp3) is 0.600. The first kappa shape index (κ1) is 19.2. The van der Waals surface area contributed by atoms with Gasteiger partial charge in [-0.3, -0.25) is 0 Å². The molecular weight excluding hydrogens is 324 g/mol. The van der Waals surface area contributed by atoms with Gasteiger partial charge in [-0.1, -0.05) is 12.5 Å². The molecule has 1 unspecified atom stereocenters. The van der Waals surface area contributed by atoms with Crippen LogP contribution in [0.2, 0.25) is 0 Å². The first-order chi connectivity index (χ1) is 10.0. The van der Waals surface area contributed by atoms with Gasteiger partial charge in [-0.05, 0) is 50.4 Å². The highest BCUT2D eigenvalue weighted by atomic mass is 35.5. The van der Waals surface area contributed by atoms with Crippen LogP contribution in [-0.2, 0) is 10.0 Å². The predicted octanol–water partition coefficient (Wildman–Crippen LogP) is 2.32. The maximum Gasteiger partial charge on any atom is 0.247 e. The summed E-state index contributed by atoms with van der Waals surface area (Å²) in [4.78, 5) is 0.258. The van der Waals surface area contributed by atoms with E-state index in [9.17, 15) is 8.42 Å². The summed E-state index contributed by atoms with van der Waals surface area (Å²) in [5.41, 5.74) is 6.54. The lowest BCUT2D eigenvalue weighted by Crippen LogP contribution is -2.44. The van der Waals surface area contributed by atoms with Gasteiger partial charge >= 0.3 is 0 Å². The van der Waals surface area contributed by atoms with Crippen LogP contribution in [0.5, 0.6) is 5.75 Å². The molecule has 1 heterocycles. The molecule has 22 heavy (non-hydrogen) atoms. The Balaban J connectivity index is 0.00000242. The summed E-state index contributed by atoms with van der Waals surface area (Å²) in [6.07, 6.45) is 3.54. The van der Waals surface area contributed by atoms with Crippen molar-refractivity contribution in [3.63, 3.8) is 0 Å². The second-order valence-electron chi connectivity index (χ2n) is 5.50. The zero-order valence-corrected chi connectivity index (χ0v) is 14.8. The molecule has 0 aromatic heterocycles. The van der Waals surface area contributed by atoms with Crippen LogP contribution in [0, 0.1) is 6.92 Å². The van der Waals surface area contributed by atoms with Crippen molar-refractivity contribution in [3.8, 4) is 5.75 Å². The molecule has 0 amide bonds. The van der Waals surface area contributed by atoms with E-state index in [-0.39, 0.29) is 23.3 Å². The van der Waals surface area contributed by atoms with E-state index in [0.717, 1.165) is 24.8 Å². The molecule has 1 aliphatic rings. The summed E-state index contributed by atoms with van der Waals surface area (Å²) < 4.78 is 32.9. The average molecular weight is 349 g/mol. The predicted molar refractivity (Wildman–Crippen MR) is 90.2 cm³/mol. The van der Waals surface area contributed by atoms with Crippen LogP contribution in [0.25, 0.3) is 0 Å². The van der Waals surface area contributed by atoms with Crippen LogP contribution in [0.1, 0.15) is 31.2 Å². The summed E-state index contributed by atoms with van der Waals surface area (Å²) >= 11 is 0. The zero-order valence-electron chi connectivity index (χ0n) is 13.1. The summed E-state index contributed by atoms with van der Waals surface area (Å²) in [7, 11) is -2.05. The van der Waals surface area contributed by atoms with E-state index in [2.05, 4.69) is 0 Å². The summed E-state index contributed by atoms with van der Waals surface area (Å²) in [5.74, 6) is 0.401. The van der Waals surface area contributed by atoms with Crippen molar-refractivity contribution in [3.05, 3.63) is 23.8 Å². The minimum absolute atomic E-state index is 0. The quantitative estimate of drug-likeness (QED) is 0.886. The number of sulfonamides is 1. The van der Waals surface area contributed by atoms with Crippen LogP contribution in [0.3, 0.4) is 0 Å². The Hall–Kier alpha value is -0.820. The summed E-state index contributed by atoms with van der Waals surface area (Å²) in [6.45, 7) is 2.94. The molecule has 0 saturated carbocycles. The van der Waals surface area contributed by atoms with Crippen LogP contribution < -0.4 is 10.5 Å². The average Bonchev–Trinajstić information content (AvgIpc) is 2.48. The molecular formula is C15H25ClN2O3S. The lowest BCUT2D eigenvalue weighted by molar-refractivity contribution is 0.242. The van der Waals surface area contributed by atoms with E-state index >= 15 is 0 Å². The fourth-order valence-corrected chi connectivity index (χ4v) is 4.85. The van der Waals surface area contributed by atoms with Gasteiger partial charge < -0.3 is 10.5 Å². The third-order valence-electron chi connectivity index (χ3n) is 3.98. The van der Waals surface area contributed by atoms with Crippen molar-refractivity contribution < 1.29 is 13.2 Å². The molecule has 1 saturated heterocycles. The van der Waals surface area contributed by atoms with E-state index in [1.165, 1.54) is 7.11 Å².